The predicted molar refractivity (Wildman–Crippen MR) is 93.0 cm³/mol. The summed E-state index contributed by atoms with van der Waals surface area (Å²) in [6.07, 6.45) is 0.839. The number of rotatable bonds is 6. The second-order valence-corrected chi connectivity index (χ2v) is 6.57. The minimum Gasteiger partial charge on any atom is -0.349 e. The summed E-state index contributed by atoms with van der Waals surface area (Å²) < 4.78 is 1.72. The van der Waals surface area contributed by atoms with Crippen molar-refractivity contribution in [1.29, 1.82) is 0 Å². The van der Waals surface area contributed by atoms with Crippen LogP contribution in [0.4, 0.5) is 0 Å². The zero-order valence-corrected chi connectivity index (χ0v) is 14.5. The summed E-state index contributed by atoms with van der Waals surface area (Å²) in [6, 6.07) is 9.71. The van der Waals surface area contributed by atoms with Crippen LogP contribution in [0, 0.1) is 6.92 Å². The van der Waals surface area contributed by atoms with E-state index >= 15 is 0 Å². The standard InChI is InChI=1S/C17H19N5OS/c1-12(9-15-7-8-24-11-15)18-17(23)16-5-3-14(4-6-16)10-22-13(2)19-20-21-22/h3-8,11-12H,9-10H2,1-2H3,(H,18,23)/t12-/m0/s1. The molecular formula is C17H19N5OS. The van der Waals surface area contributed by atoms with Crippen LogP contribution in [0.15, 0.2) is 41.1 Å². The van der Waals surface area contributed by atoms with Gasteiger partial charge in [0.05, 0.1) is 6.54 Å². The molecule has 0 bridgehead atoms. The molecular weight excluding hydrogens is 322 g/mol. The lowest BCUT2D eigenvalue weighted by molar-refractivity contribution is 0.0940. The van der Waals surface area contributed by atoms with Gasteiger partial charge in [0, 0.05) is 11.6 Å². The van der Waals surface area contributed by atoms with Crippen molar-refractivity contribution in [3.63, 3.8) is 0 Å². The fourth-order valence-electron chi connectivity index (χ4n) is 2.45. The van der Waals surface area contributed by atoms with E-state index in [0.29, 0.717) is 12.1 Å². The molecule has 0 spiro atoms. The molecule has 7 heteroatoms. The number of thiophene rings is 1. The zero-order valence-electron chi connectivity index (χ0n) is 13.6. The number of benzene rings is 1. The van der Waals surface area contributed by atoms with Crippen molar-refractivity contribution in [2.24, 2.45) is 0 Å². The molecule has 0 saturated heterocycles. The number of hydrogen-bond acceptors (Lipinski definition) is 5. The molecule has 24 heavy (non-hydrogen) atoms. The van der Waals surface area contributed by atoms with Crippen molar-refractivity contribution >= 4 is 17.2 Å². The minimum atomic E-state index is -0.0529. The molecule has 2 heterocycles. The summed E-state index contributed by atoms with van der Waals surface area (Å²) in [5.74, 6) is 0.710. The third-order valence-corrected chi connectivity index (χ3v) is 4.49. The van der Waals surface area contributed by atoms with Gasteiger partial charge in [-0.05, 0) is 70.8 Å². The number of nitrogens with one attached hydrogen (secondary N) is 1. The van der Waals surface area contributed by atoms with E-state index < -0.39 is 0 Å². The Morgan fingerprint density at radius 1 is 1.25 bits per heavy atom. The molecule has 0 fully saturated rings. The number of nitrogens with zero attached hydrogens (tertiary/aromatic N) is 4. The molecule has 0 saturated carbocycles. The van der Waals surface area contributed by atoms with Crippen LogP contribution < -0.4 is 5.32 Å². The average molecular weight is 341 g/mol. The summed E-state index contributed by atoms with van der Waals surface area (Å²) in [7, 11) is 0. The molecule has 0 aliphatic carbocycles. The predicted octanol–water partition coefficient (Wildman–Crippen LogP) is 2.45. The molecule has 1 atom stereocenters. The van der Waals surface area contributed by atoms with E-state index in [9.17, 15) is 4.79 Å². The maximum Gasteiger partial charge on any atom is 0.251 e. The summed E-state index contributed by atoms with van der Waals surface area (Å²) in [5, 5.41) is 18.6. The van der Waals surface area contributed by atoms with E-state index in [1.54, 1.807) is 16.0 Å². The van der Waals surface area contributed by atoms with E-state index in [2.05, 4.69) is 37.7 Å². The molecule has 124 valence electrons. The lowest BCUT2D eigenvalue weighted by atomic mass is 10.1. The lowest BCUT2D eigenvalue weighted by Gasteiger charge is -2.13. The SMILES string of the molecule is Cc1nnnn1Cc1ccc(C(=O)N[C@@H](C)Cc2ccsc2)cc1. The summed E-state index contributed by atoms with van der Waals surface area (Å²) in [6.45, 7) is 4.47. The molecule has 0 radical (unpaired) electrons. The highest BCUT2D eigenvalue weighted by atomic mass is 32.1. The van der Waals surface area contributed by atoms with E-state index in [0.717, 1.165) is 17.8 Å². The van der Waals surface area contributed by atoms with Crippen LogP contribution in [0.1, 0.15) is 34.2 Å². The van der Waals surface area contributed by atoms with Gasteiger partial charge in [0.2, 0.25) is 0 Å². The van der Waals surface area contributed by atoms with Crippen LogP contribution >= 0.6 is 11.3 Å². The first-order valence-electron chi connectivity index (χ1n) is 7.75. The van der Waals surface area contributed by atoms with Crippen molar-refractivity contribution in [2.75, 3.05) is 0 Å². The Morgan fingerprint density at radius 2 is 2.04 bits per heavy atom. The highest BCUT2D eigenvalue weighted by Gasteiger charge is 2.11. The number of aromatic nitrogens is 4. The van der Waals surface area contributed by atoms with Crippen LogP contribution in [0.5, 0.6) is 0 Å². The lowest BCUT2D eigenvalue weighted by Crippen LogP contribution is -2.33. The van der Waals surface area contributed by atoms with Crippen molar-refractivity contribution in [1.82, 2.24) is 25.5 Å². The Morgan fingerprint density at radius 3 is 2.67 bits per heavy atom. The third-order valence-electron chi connectivity index (χ3n) is 3.76. The Kier molecular flexibility index (Phi) is 5.00. The van der Waals surface area contributed by atoms with Gasteiger partial charge in [-0.25, -0.2) is 4.68 Å². The van der Waals surface area contributed by atoms with E-state index in [-0.39, 0.29) is 11.9 Å². The van der Waals surface area contributed by atoms with Crippen LogP contribution in [0.2, 0.25) is 0 Å². The smallest absolute Gasteiger partial charge is 0.251 e. The Bertz CT molecular complexity index is 795. The van der Waals surface area contributed by atoms with E-state index in [1.165, 1.54) is 5.56 Å². The Balaban J connectivity index is 1.58. The maximum atomic E-state index is 12.3. The number of carbonyl (C=O) groups is 1. The first kappa shape index (κ1) is 16.3. The van der Waals surface area contributed by atoms with Crippen molar-refractivity contribution in [3.8, 4) is 0 Å². The highest BCUT2D eigenvalue weighted by Crippen LogP contribution is 2.10. The second kappa shape index (κ2) is 7.35. The molecule has 2 aromatic heterocycles. The van der Waals surface area contributed by atoms with Crippen molar-refractivity contribution < 1.29 is 4.79 Å². The first-order valence-corrected chi connectivity index (χ1v) is 8.70. The van der Waals surface area contributed by atoms with E-state index in [1.807, 2.05) is 38.1 Å². The van der Waals surface area contributed by atoms with Crippen LogP contribution in [0.25, 0.3) is 0 Å². The Hall–Kier alpha value is -2.54. The summed E-state index contributed by atoms with van der Waals surface area (Å²) in [4.78, 5) is 12.3. The fraction of sp³-hybridized carbons (Fsp3) is 0.294. The molecule has 1 amide bonds. The molecule has 1 N–H and O–H groups in total. The molecule has 0 aliphatic rings. The minimum absolute atomic E-state index is 0.0529. The molecule has 6 nitrogen and oxygen atoms in total. The van der Waals surface area contributed by atoms with E-state index in [4.69, 9.17) is 0 Å². The largest absolute Gasteiger partial charge is 0.349 e. The first-order chi connectivity index (χ1) is 11.6. The van der Waals surface area contributed by atoms with Gasteiger partial charge in [0.15, 0.2) is 0 Å². The maximum absolute atomic E-state index is 12.3. The van der Waals surface area contributed by atoms with Crippen molar-refractivity contribution in [2.45, 2.75) is 32.9 Å². The number of amides is 1. The van der Waals surface area contributed by atoms with Gasteiger partial charge in [-0.3, -0.25) is 4.79 Å². The van der Waals surface area contributed by atoms with Gasteiger partial charge in [-0.2, -0.15) is 11.3 Å². The zero-order chi connectivity index (χ0) is 16.9. The monoisotopic (exact) mass is 341 g/mol. The number of tetrazole rings is 1. The van der Waals surface area contributed by atoms with Crippen LogP contribution in [0.3, 0.4) is 0 Å². The number of aryl methyl sites for hydroxylation is 1. The number of carbonyl (C=O) groups excluding carboxylic acids is 1. The van der Waals surface area contributed by atoms with Gasteiger partial charge in [-0.1, -0.05) is 12.1 Å². The molecule has 1 aromatic carbocycles. The summed E-state index contributed by atoms with van der Waals surface area (Å²) >= 11 is 1.67. The van der Waals surface area contributed by atoms with Crippen LogP contribution in [-0.4, -0.2) is 32.2 Å². The molecule has 3 aromatic rings. The number of hydrogen-bond donors (Lipinski definition) is 1. The molecule has 0 aliphatic heterocycles. The second-order valence-electron chi connectivity index (χ2n) is 5.79. The van der Waals surface area contributed by atoms with Gasteiger partial charge in [0.1, 0.15) is 5.82 Å². The average Bonchev–Trinajstić information content (AvgIpc) is 3.20. The Labute approximate surface area is 144 Å². The summed E-state index contributed by atoms with van der Waals surface area (Å²) in [5.41, 5.74) is 2.96. The highest BCUT2D eigenvalue weighted by molar-refractivity contribution is 7.07. The third kappa shape index (κ3) is 4.05. The fourth-order valence-corrected chi connectivity index (χ4v) is 3.13. The van der Waals surface area contributed by atoms with Crippen molar-refractivity contribution in [3.05, 3.63) is 63.6 Å². The van der Waals surface area contributed by atoms with Gasteiger partial charge >= 0.3 is 0 Å². The molecule has 0 unspecified atom stereocenters. The molecule has 3 rings (SSSR count). The van der Waals surface area contributed by atoms with Gasteiger partial charge in [-0.15, -0.1) is 5.10 Å². The topological polar surface area (TPSA) is 72.7 Å². The quantitative estimate of drug-likeness (QED) is 0.747. The normalized spacial score (nSPS) is 12.1. The van der Waals surface area contributed by atoms with Gasteiger partial charge in [0.25, 0.3) is 5.91 Å². The van der Waals surface area contributed by atoms with Crippen LogP contribution in [-0.2, 0) is 13.0 Å². The van der Waals surface area contributed by atoms with Gasteiger partial charge < -0.3 is 5.32 Å².